The molecule has 0 bridgehead atoms. The van der Waals surface area contributed by atoms with Crippen LogP contribution in [-0.4, -0.2) is 37.1 Å². The predicted molar refractivity (Wildman–Crippen MR) is 88.8 cm³/mol. The van der Waals surface area contributed by atoms with E-state index in [4.69, 9.17) is 14.3 Å². The highest BCUT2D eigenvalue weighted by atomic mass is 16.7. The predicted octanol–water partition coefficient (Wildman–Crippen LogP) is 2.73. The van der Waals surface area contributed by atoms with Gasteiger partial charge in [0.25, 0.3) is 0 Å². The molecule has 1 fully saturated rings. The van der Waals surface area contributed by atoms with Crippen LogP contribution in [0.3, 0.4) is 0 Å². The molecule has 5 heteroatoms. The second-order valence-corrected chi connectivity index (χ2v) is 6.18. The van der Waals surface area contributed by atoms with Gasteiger partial charge >= 0.3 is 0 Å². The number of nitrogens with zero attached hydrogens (tertiary/aromatic N) is 1. The first-order chi connectivity index (χ1) is 11.8. The molecule has 24 heavy (non-hydrogen) atoms. The second kappa shape index (κ2) is 6.43. The van der Waals surface area contributed by atoms with Crippen LogP contribution in [0, 0.1) is 5.92 Å². The van der Waals surface area contributed by atoms with Gasteiger partial charge in [-0.3, -0.25) is 4.84 Å². The summed E-state index contributed by atoms with van der Waals surface area (Å²) in [6.07, 6.45) is 0. The van der Waals surface area contributed by atoms with Crippen molar-refractivity contribution in [2.45, 2.75) is 12.1 Å². The van der Waals surface area contributed by atoms with Gasteiger partial charge in [-0.05, 0) is 23.8 Å². The summed E-state index contributed by atoms with van der Waals surface area (Å²) in [6.45, 7) is 1.20. The lowest BCUT2D eigenvalue weighted by Crippen LogP contribution is -2.34. The standard InChI is InChI=1S/C19H21NO4/c1-22-15-7-8-18-16(9-15)19-14(11-23-18)12-24-20(19)17(10-21)13-5-3-2-4-6-13/h2-9,14,17,19,21H,10-12H2,1H3/t14-,17+,19+/m1/s1. The largest absolute Gasteiger partial charge is 0.497 e. The molecule has 2 aliphatic heterocycles. The zero-order chi connectivity index (χ0) is 16.5. The molecule has 2 heterocycles. The lowest BCUT2D eigenvalue weighted by molar-refractivity contribution is -0.175. The van der Waals surface area contributed by atoms with Crippen molar-refractivity contribution in [2.24, 2.45) is 5.92 Å². The van der Waals surface area contributed by atoms with E-state index >= 15 is 0 Å². The summed E-state index contributed by atoms with van der Waals surface area (Å²) in [5.41, 5.74) is 2.09. The number of hydrogen-bond acceptors (Lipinski definition) is 5. The minimum absolute atomic E-state index is 0.00656. The van der Waals surface area contributed by atoms with Crippen LogP contribution < -0.4 is 9.47 Å². The van der Waals surface area contributed by atoms with Gasteiger partial charge in [0.1, 0.15) is 11.5 Å². The summed E-state index contributed by atoms with van der Waals surface area (Å²) in [4.78, 5) is 5.99. The highest BCUT2D eigenvalue weighted by molar-refractivity contribution is 5.44. The fourth-order valence-corrected chi connectivity index (χ4v) is 3.60. The zero-order valence-corrected chi connectivity index (χ0v) is 13.6. The maximum Gasteiger partial charge on any atom is 0.124 e. The van der Waals surface area contributed by atoms with Gasteiger partial charge in [-0.25, -0.2) is 0 Å². The molecule has 2 aromatic carbocycles. The molecule has 0 spiro atoms. The lowest BCUT2D eigenvalue weighted by atomic mass is 9.90. The number of benzene rings is 2. The SMILES string of the molecule is COc1ccc2c(c1)[C@@H]1[C@H](CO2)CON1[C@@H](CO)c1ccccc1. The molecule has 0 saturated carbocycles. The number of rotatable bonds is 4. The monoisotopic (exact) mass is 327 g/mol. The van der Waals surface area contributed by atoms with E-state index < -0.39 is 0 Å². The third-order valence-electron chi connectivity index (χ3n) is 4.81. The van der Waals surface area contributed by atoms with E-state index in [-0.39, 0.29) is 24.6 Å². The number of aliphatic hydroxyl groups is 1. The molecule has 2 aliphatic rings. The molecule has 1 saturated heterocycles. The molecule has 3 atom stereocenters. The molecular weight excluding hydrogens is 306 g/mol. The van der Waals surface area contributed by atoms with Crippen LogP contribution in [0.5, 0.6) is 11.5 Å². The van der Waals surface area contributed by atoms with Crippen molar-refractivity contribution >= 4 is 0 Å². The highest BCUT2D eigenvalue weighted by Crippen LogP contribution is 2.47. The van der Waals surface area contributed by atoms with Crippen LogP contribution in [0.25, 0.3) is 0 Å². The average molecular weight is 327 g/mol. The van der Waals surface area contributed by atoms with Crippen LogP contribution in [0.2, 0.25) is 0 Å². The Bertz CT molecular complexity index is 706. The Morgan fingerprint density at radius 2 is 2.04 bits per heavy atom. The minimum atomic E-state index is -0.210. The topological polar surface area (TPSA) is 51.2 Å². The molecular formula is C19H21NO4. The van der Waals surface area contributed by atoms with E-state index in [1.54, 1.807) is 7.11 Å². The van der Waals surface area contributed by atoms with E-state index in [0.717, 1.165) is 22.6 Å². The molecule has 4 rings (SSSR count). The first kappa shape index (κ1) is 15.4. The quantitative estimate of drug-likeness (QED) is 0.936. The molecule has 0 aliphatic carbocycles. The number of hydrogen-bond donors (Lipinski definition) is 1. The molecule has 0 unspecified atom stereocenters. The number of methoxy groups -OCH3 is 1. The van der Waals surface area contributed by atoms with E-state index in [1.807, 2.05) is 53.6 Å². The normalized spacial score (nSPS) is 23.9. The van der Waals surface area contributed by atoms with E-state index in [0.29, 0.717) is 13.2 Å². The van der Waals surface area contributed by atoms with Crippen LogP contribution in [0.15, 0.2) is 48.5 Å². The lowest BCUT2D eigenvalue weighted by Gasteiger charge is -2.35. The Hall–Kier alpha value is -2.08. The number of aliphatic hydroxyl groups excluding tert-OH is 1. The van der Waals surface area contributed by atoms with Crippen molar-refractivity contribution in [1.82, 2.24) is 5.06 Å². The van der Waals surface area contributed by atoms with Crippen molar-refractivity contribution in [2.75, 3.05) is 26.9 Å². The van der Waals surface area contributed by atoms with Crippen LogP contribution >= 0.6 is 0 Å². The molecule has 126 valence electrons. The first-order valence-electron chi connectivity index (χ1n) is 8.19. The van der Waals surface area contributed by atoms with Crippen LogP contribution in [-0.2, 0) is 4.84 Å². The minimum Gasteiger partial charge on any atom is -0.497 e. The summed E-state index contributed by atoms with van der Waals surface area (Å²) in [5, 5.41) is 11.9. The molecule has 0 radical (unpaired) electrons. The van der Waals surface area contributed by atoms with E-state index in [1.165, 1.54) is 0 Å². The maximum atomic E-state index is 10.0. The van der Waals surface area contributed by atoms with Gasteiger partial charge in [0, 0.05) is 11.5 Å². The van der Waals surface area contributed by atoms with Crippen molar-refractivity contribution in [3.63, 3.8) is 0 Å². The van der Waals surface area contributed by atoms with Gasteiger partial charge < -0.3 is 14.6 Å². The van der Waals surface area contributed by atoms with Gasteiger partial charge in [-0.15, -0.1) is 0 Å². The summed E-state index contributed by atoms with van der Waals surface area (Å²) < 4.78 is 11.3. The van der Waals surface area contributed by atoms with Crippen molar-refractivity contribution in [3.05, 3.63) is 59.7 Å². The molecule has 2 aromatic rings. The Kier molecular flexibility index (Phi) is 4.14. The van der Waals surface area contributed by atoms with Crippen LogP contribution in [0.1, 0.15) is 23.2 Å². The average Bonchev–Trinajstić information content (AvgIpc) is 3.07. The maximum absolute atomic E-state index is 10.0. The van der Waals surface area contributed by atoms with Gasteiger partial charge in [0.05, 0.1) is 39.0 Å². The Balaban J connectivity index is 1.72. The molecule has 0 amide bonds. The first-order valence-corrected chi connectivity index (χ1v) is 8.19. The van der Waals surface area contributed by atoms with Crippen molar-refractivity contribution < 1.29 is 19.4 Å². The Morgan fingerprint density at radius 1 is 1.21 bits per heavy atom. The number of fused-ring (bicyclic) bond motifs is 3. The van der Waals surface area contributed by atoms with Gasteiger partial charge in [-0.2, -0.15) is 5.06 Å². The molecule has 1 N–H and O–H groups in total. The Morgan fingerprint density at radius 3 is 2.79 bits per heavy atom. The summed E-state index contributed by atoms with van der Waals surface area (Å²) in [7, 11) is 1.66. The third-order valence-corrected chi connectivity index (χ3v) is 4.81. The smallest absolute Gasteiger partial charge is 0.124 e. The highest BCUT2D eigenvalue weighted by Gasteiger charge is 2.45. The van der Waals surface area contributed by atoms with E-state index in [2.05, 4.69) is 0 Å². The van der Waals surface area contributed by atoms with E-state index in [9.17, 15) is 5.11 Å². The summed E-state index contributed by atoms with van der Waals surface area (Å²) in [5.74, 6) is 1.89. The van der Waals surface area contributed by atoms with Crippen LogP contribution in [0.4, 0.5) is 0 Å². The third kappa shape index (κ3) is 2.55. The summed E-state index contributed by atoms with van der Waals surface area (Å²) in [6, 6.07) is 15.6. The van der Waals surface area contributed by atoms with Gasteiger partial charge in [0.15, 0.2) is 0 Å². The number of ether oxygens (including phenoxy) is 2. The van der Waals surface area contributed by atoms with Gasteiger partial charge in [-0.1, -0.05) is 30.3 Å². The fourth-order valence-electron chi connectivity index (χ4n) is 3.60. The molecule has 5 nitrogen and oxygen atoms in total. The summed E-state index contributed by atoms with van der Waals surface area (Å²) >= 11 is 0. The fraction of sp³-hybridized carbons (Fsp3) is 0.368. The van der Waals surface area contributed by atoms with Gasteiger partial charge in [0.2, 0.25) is 0 Å². The second-order valence-electron chi connectivity index (χ2n) is 6.18. The molecule has 0 aromatic heterocycles. The zero-order valence-electron chi connectivity index (χ0n) is 13.6. The van der Waals surface area contributed by atoms with Crippen molar-refractivity contribution in [3.8, 4) is 11.5 Å². The number of hydroxylamine groups is 2. The van der Waals surface area contributed by atoms with Crippen molar-refractivity contribution in [1.29, 1.82) is 0 Å². The Labute approximate surface area is 141 Å².